The molecule has 0 atom stereocenters. The number of nitrogens with zero attached hydrogens (tertiary/aromatic N) is 3. The monoisotopic (exact) mass is 415 g/mol. The summed E-state index contributed by atoms with van der Waals surface area (Å²) in [7, 11) is 2.84. The van der Waals surface area contributed by atoms with E-state index in [1.165, 1.54) is 42.7 Å². The van der Waals surface area contributed by atoms with Crippen molar-refractivity contribution in [2.24, 2.45) is 4.99 Å². The molecule has 0 saturated heterocycles. The summed E-state index contributed by atoms with van der Waals surface area (Å²) in [6.07, 6.45) is -0.0201. The van der Waals surface area contributed by atoms with Crippen LogP contribution in [0.1, 0.15) is 5.56 Å². The molecule has 3 aromatic rings. The molecular formula is C19H17N3O6S. The Morgan fingerprint density at radius 1 is 1.17 bits per heavy atom. The minimum absolute atomic E-state index is 0.0201. The molecule has 10 heteroatoms. The van der Waals surface area contributed by atoms with Crippen LogP contribution in [0.5, 0.6) is 5.75 Å². The van der Waals surface area contributed by atoms with Gasteiger partial charge in [-0.3, -0.25) is 19.7 Å². The molecule has 0 N–H and O–H groups in total. The van der Waals surface area contributed by atoms with Crippen molar-refractivity contribution in [3.63, 3.8) is 0 Å². The summed E-state index contributed by atoms with van der Waals surface area (Å²) in [6, 6.07) is 11.1. The van der Waals surface area contributed by atoms with Crippen molar-refractivity contribution in [1.82, 2.24) is 4.57 Å². The van der Waals surface area contributed by atoms with Gasteiger partial charge in [-0.2, -0.15) is 4.99 Å². The summed E-state index contributed by atoms with van der Waals surface area (Å²) in [4.78, 5) is 39.0. The van der Waals surface area contributed by atoms with Gasteiger partial charge in [0.25, 0.3) is 11.6 Å². The van der Waals surface area contributed by atoms with Gasteiger partial charge in [0.05, 0.1) is 35.8 Å². The maximum absolute atomic E-state index is 12.5. The highest BCUT2D eigenvalue weighted by Crippen LogP contribution is 2.23. The number of non-ortho nitro benzene ring substituents is 1. The zero-order chi connectivity index (χ0) is 21.0. The van der Waals surface area contributed by atoms with Gasteiger partial charge in [0.1, 0.15) is 12.3 Å². The Labute approximate surface area is 169 Å². The second-order valence-electron chi connectivity index (χ2n) is 5.99. The molecular weight excluding hydrogens is 398 g/mol. The molecule has 1 amide bonds. The molecule has 0 bridgehead atoms. The molecule has 1 heterocycles. The lowest BCUT2D eigenvalue weighted by Gasteiger charge is -2.04. The van der Waals surface area contributed by atoms with Crippen molar-refractivity contribution in [3.8, 4) is 5.75 Å². The lowest BCUT2D eigenvalue weighted by molar-refractivity contribution is -0.384. The van der Waals surface area contributed by atoms with E-state index < -0.39 is 16.8 Å². The lowest BCUT2D eigenvalue weighted by atomic mass is 10.1. The summed E-state index contributed by atoms with van der Waals surface area (Å²) in [5.74, 6) is -0.256. The minimum atomic E-state index is -0.503. The van der Waals surface area contributed by atoms with Crippen LogP contribution in [0.15, 0.2) is 47.5 Å². The molecule has 0 saturated carbocycles. The Balaban J connectivity index is 1.96. The zero-order valence-corrected chi connectivity index (χ0v) is 16.5. The van der Waals surface area contributed by atoms with Crippen molar-refractivity contribution in [3.05, 3.63) is 62.9 Å². The van der Waals surface area contributed by atoms with Gasteiger partial charge < -0.3 is 14.0 Å². The molecule has 0 aliphatic heterocycles. The Morgan fingerprint density at radius 3 is 2.52 bits per heavy atom. The van der Waals surface area contributed by atoms with Crippen molar-refractivity contribution >= 4 is 39.1 Å². The van der Waals surface area contributed by atoms with Crippen LogP contribution in [0.25, 0.3) is 10.2 Å². The average molecular weight is 415 g/mol. The summed E-state index contributed by atoms with van der Waals surface area (Å²) in [5.41, 5.74) is 1.28. The highest BCUT2D eigenvalue weighted by atomic mass is 32.1. The number of carbonyl (C=O) groups excluding carboxylic acids is 2. The van der Waals surface area contributed by atoms with Crippen LogP contribution >= 0.6 is 11.3 Å². The summed E-state index contributed by atoms with van der Waals surface area (Å²) in [5, 5.41) is 10.7. The second kappa shape index (κ2) is 8.65. The minimum Gasteiger partial charge on any atom is -0.497 e. The fraction of sp³-hybridized carbons (Fsp3) is 0.211. The molecule has 0 unspecified atom stereocenters. The first-order chi connectivity index (χ1) is 13.9. The van der Waals surface area contributed by atoms with Crippen LogP contribution in [0.2, 0.25) is 0 Å². The van der Waals surface area contributed by atoms with E-state index >= 15 is 0 Å². The number of nitro benzene ring substituents is 1. The van der Waals surface area contributed by atoms with Gasteiger partial charge in [-0.05, 0) is 23.8 Å². The third-order valence-electron chi connectivity index (χ3n) is 4.13. The molecule has 0 aliphatic carbocycles. The van der Waals surface area contributed by atoms with E-state index in [0.29, 0.717) is 16.1 Å². The van der Waals surface area contributed by atoms with Crippen LogP contribution in [-0.4, -0.2) is 35.6 Å². The molecule has 1 aromatic heterocycles. The topological polar surface area (TPSA) is 113 Å². The molecule has 0 aliphatic rings. The van der Waals surface area contributed by atoms with Crippen molar-refractivity contribution in [2.45, 2.75) is 13.0 Å². The van der Waals surface area contributed by atoms with E-state index in [1.807, 2.05) is 0 Å². The molecule has 0 fully saturated rings. The smallest absolute Gasteiger partial charge is 0.325 e. The van der Waals surface area contributed by atoms with Crippen molar-refractivity contribution in [1.29, 1.82) is 0 Å². The Morgan fingerprint density at radius 2 is 1.90 bits per heavy atom. The molecule has 2 aromatic carbocycles. The molecule has 0 radical (unpaired) electrons. The van der Waals surface area contributed by atoms with Gasteiger partial charge >= 0.3 is 5.97 Å². The van der Waals surface area contributed by atoms with Crippen molar-refractivity contribution < 1.29 is 24.0 Å². The highest BCUT2D eigenvalue weighted by molar-refractivity contribution is 7.16. The molecule has 150 valence electrons. The largest absolute Gasteiger partial charge is 0.497 e. The van der Waals surface area contributed by atoms with E-state index in [4.69, 9.17) is 9.47 Å². The number of ether oxygens (including phenoxy) is 2. The van der Waals surface area contributed by atoms with Gasteiger partial charge in [-0.25, -0.2) is 0 Å². The van der Waals surface area contributed by atoms with E-state index in [9.17, 15) is 19.7 Å². The standard InChI is InChI=1S/C19H17N3O6S/c1-27-14-7-8-15-16(10-14)29-19(21(15)11-18(24)28-2)20-17(23)9-12-3-5-13(6-4-12)22(25)26/h3-8,10H,9,11H2,1-2H3. The van der Waals surface area contributed by atoms with Crippen LogP contribution in [0, 0.1) is 10.1 Å². The number of esters is 1. The van der Waals surface area contributed by atoms with E-state index in [2.05, 4.69) is 4.99 Å². The molecule has 9 nitrogen and oxygen atoms in total. The van der Waals surface area contributed by atoms with Gasteiger partial charge in [-0.1, -0.05) is 23.5 Å². The predicted octanol–water partition coefficient (Wildman–Crippen LogP) is 2.46. The number of aromatic nitrogens is 1. The number of hydrogen-bond acceptors (Lipinski definition) is 7. The SMILES string of the molecule is COC(=O)Cn1c(=NC(=O)Cc2ccc([N+](=O)[O-])cc2)sc2cc(OC)ccc21. The van der Waals surface area contributed by atoms with Crippen LogP contribution in [0.4, 0.5) is 5.69 Å². The predicted molar refractivity (Wildman–Crippen MR) is 106 cm³/mol. The molecule has 29 heavy (non-hydrogen) atoms. The number of nitro groups is 1. The fourth-order valence-electron chi connectivity index (χ4n) is 2.67. The van der Waals surface area contributed by atoms with Gasteiger partial charge in [0.15, 0.2) is 4.80 Å². The summed E-state index contributed by atoms with van der Waals surface area (Å²) < 4.78 is 12.4. The number of methoxy groups -OCH3 is 2. The first kappa shape index (κ1) is 20.2. The van der Waals surface area contributed by atoms with Crippen LogP contribution in [-0.2, 0) is 27.3 Å². The number of amides is 1. The number of thiazole rings is 1. The Kier molecular flexibility index (Phi) is 6.03. The maximum atomic E-state index is 12.5. The Bertz CT molecular complexity index is 1150. The van der Waals surface area contributed by atoms with Crippen LogP contribution in [0.3, 0.4) is 0 Å². The van der Waals surface area contributed by atoms with Crippen molar-refractivity contribution in [2.75, 3.05) is 14.2 Å². The first-order valence-electron chi connectivity index (χ1n) is 8.46. The third-order valence-corrected chi connectivity index (χ3v) is 5.17. The third kappa shape index (κ3) is 4.66. The Hall–Kier alpha value is -3.53. The molecule has 0 spiro atoms. The zero-order valence-electron chi connectivity index (χ0n) is 15.7. The van der Waals surface area contributed by atoms with E-state index in [-0.39, 0.29) is 18.7 Å². The number of fused-ring (bicyclic) bond motifs is 1. The fourth-order valence-corrected chi connectivity index (χ4v) is 3.74. The average Bonchev–Trinajstić information content (AvgIpc) is 3.04. The quantitative estimate of drug-likeness (QED) is 0.347. The number of benzene rings is 2. The highest BCUT2D eigenvalue weighted by Gasteiger charge is 2.13. The van der Waals surface area contributed by atoms with E-state index in [0.717, 1.165) is 10.2 Å². The number of rotatable bonds is 6. The normalized spacial score (nSPS) is 11.4. The summed E-state index contributed by atoms with van der Waals surface area (Å²) >= 11 is 1.25. The molecule has 3 rings (SSSR count). The van der Waals surface area contributed by atoms with Crippen LogP contribution < -0.4 is 9.54 Å². The lowest BCUT2D eigenvalue weighted by Crippen LogP contribution is -2.22. The number of carbonyl (C=O) groups is 2. The van der Waals surface area contributed by atoms with Gasteiger partial charge in [-0.15, -0.1) is 0 Å². The first-order valence-corrected chi connectivity index (χ1v) is 9.28. The number of hydrogen-bond donors (Lipinski definition) is 0. The summed E-state index contributed by atoms with van der Waals surface area (Å²) in [6.45, 7) is -0.0908. The van der Waals surface area contributed by atoms with Gasteiger partial charge in [0.2, 0.25) is 0 Å². The van der Waals surface area contributed by atoms with E-state index in [1.54, 1.807) is 29.9 Å². The second-order valence-corrected chi connectivity index (χ2v) is 7.00. The maximum Gasteiger partial charge on any atom is 0.325 e. The van der Waals surface area contributed by atoms with Gasteiger partial charge in [0, 0.05) is 12.1 Å².